The summed E-state index contributed by atoms with van der Waals surface area (Å²) in [6.07, 6.45) is -1.65. The summed E-state index contributed by atoms with van der Waals surface area (Å²) >= 11 is 0. The average molecular weight is 1060 g/mol. The van der Waals surface area contributed by atoms with Crippen LogP contribution in [-0.4, -0.2) is 89.0 Å². The standard InChI is InChI=1S/C63H55N5O11/c1-64(37-41-14-7-4-8-15-41)32-13-16-40-23-30-51-50(34-40)63(61(72)66(51)62(73)78-39-42-21-26-48(27-22-42)68(74)75)54(59(70)65-33-31-46-35-52(76-2)53(77-3)36-47(46)38-65)56-60(71)79-57(44-19-11-6-12-20-44)55(43-17-9-5-10-18-43)67(56)58(63)45-24-28-49(69)29-25-45/h4-12,14-15,17-30,34-36,54-58,69H,31-33,37-39H2,1-3H3/t54-,55-,56-,57+,58+,63-/m1/s1. The first kappa shape index (κ1) is 51.8. The molecule has 2 saturated heterocycles. The van der Waals surface area contributed by atoms with Gasteiger partial charge in [-0.2, -0.15) is 0 Å². The number of phenols is 1. The van der Waals surface area contributed by atoms with Gasteiger partial charge in [0, 0.05) is 37.3 Å². The lowest BCUT2D eigenvalue weighted by atomic mass is 9.64. The molecule has 4 aliphatic rings. The lowest BCUT2D eigenvalue weighted by Gasteiger charge is -2.46. The van der Waals surface area contributed by atoms with Crippen LogP contribution in [0.4, 0.5) is 16.2 Å². The van der Waals surface area contributed by atoms with Crippen molar-refractivity contribution in [2.24, 2.45) is 5.92 Å². The van der Waals surface area contributed by atoms with Crippen molar-refractivity contribution in [2.45, 2.75) is 55.8 Å². The van der Waals surface area contributed by atoms with E-state index >= 15 is 19.2 Å². The SMILES string of the molecule is COc1cc2c(cc1OC)CN(C(=O)[C@H]1[C@@H]3C(=O)O[C@@H](c4ccccc4)[C@@H](c4ccccc4)N3[C@@H](c3ccc(O)cc3)[C@]13C(=O)N(C(=O)OCc1ccc([N+](=O)[O-])cc1)c1ccc(C#CCN(C)Cc4ccccc4)cc13)CC2. The Bertz CT molecular complexity index is 3540. The van der Waals surface area contributed by atoms with Crippen LogP contribution in [0.1, 0.15) is 68.3 Å². The van der Waals surface area contributed by atoms with E-state index in [1.807, 2.05) is 115 Å². The minimum absolute atomic E-state index is 0.0665. The number of methoxy groups -OCH3 is 2. The molecule has 1 N–H and O–H groups in total. The zero-order chi connectivity index (χ0) is 55.0. The van der Waals surface area contributed by atoms with Crippen molar-refractivity contribution >= 4 is 35.3 Å². The molecule has 0 unspecified atom stereocenters. The Balaban J connectivity index is 1.13. The van der Waals surface area contributed by atoms with Gasteiger partial charge in [-0.25, -0.2) is 9.69 Å². The summed E-state index contributed by atoms with van der Waals surface area (Å²) < 4.78 is 24.0. The van der Waals surface area contributed by atoms with E-state index in [0.717, 1.165) is 27.2 Å². The molecule has 6 atom stereocenters. The number of morpholine rings is 1. The number of ether oxygens (including phenoxy) is 4. The largest absolute Gasteiger partial charge is 0.508 e. The van der Waals surface area contributed by atoms with Crippen LogP contribution >= 0.6 is 0 Å². The van der Waals surface area contributed by atoms with Crippen LogP contribution < -0.4 is 14.4 Å². The Kier molecular flexibility index (Phi) is 14.2. The molecule has 0 bridgehead atoms. The highest BCUT2D eigenvalue weighted by Gasteiger charge is 2.76. The van der Waals surface area contributed by atoms with E-state index < -0.39 is 64.4 Å². The molecular weight excluding hydrogens is 1000 g/mol. The van der Waals surface area contributed by atoms with E-state index in [2.05, 4.69) is 16.7 Å². The predicted octanol–water partition coefficient (Wildman–Crippen LogP) is 9.39. The molecule has 0 saturated carbocycles. The minimum atomic E-state index is -2.13. The lowest BCUT2D eigenvalue weighted by Crippen LogP contribution is -2.57. The Morgan fingerprint density at radius 1 is 0.772 bits per heavy atom. The van der Waals surface area contributed by atoms with Gasteiger partial charge in [0.15, 0.2) is 11.5 Å². The van der Waals surface area contributed by atoms with Crippen LogP contribution in [0, 0.1) is 27.9 Å². The molecule has 3 amide bonds. The molecule has 7 aromatic rings. The Morgan fingerprint density at radius 2 is 1.42 bits per heavy atom. The number of nitro groups is 1. The number of rotatable bonds is 12. The fraction of sp³-hybridized carbons (Fsp3) is 0.238. The average Bonchev–Trinajstić information content (AvgIpc) is 2.24. The van der Waals surface area contributed by atoms with Crippen LogP contribution in [-0.2, 0) is 55.4 Å². The van der Waals surface area contributed by atoms with Crippen LogP contribution in [0.3, 0.4) is 0 Å². The molecule has 0 radical (unpaired) electrons. The monoisotopic (exact) mass is 1060 g/mol. The van der Waals surface area contributed by atoms with E-state index in [0.29, 0.717) is 53.3 Å². The van der Waals surface area contributed by atoms with Crippen molar-refractivity contribution in [1.29, 1.82) is 0 Å². The van der Waals surface area contributed by atoms with Gasteiger partial charge in [-0.1, -0.05) is 115 Å². The fourth-order valence-electron chi connectivity index (χ4n) is 12.0. The maximum absolute atomic E-state index is 16.9. The number of aromatic hydroxyl groups is 1. The van der Waals surface area contributed by atoms with Gasteiger partial charge in [-0.15, -0.1) is 0 Å². The zero-order valence-electron chi connectivity index (χ0n) is 43.6. The van der Waals surface area contributed by atoms with E-state index in [4.69, 9.17) is 18.9 Å². The third kappa shape index (κ3) is 9.46. The third-order valence-electron chi connectivity index (χ3n) is 15.5. The van der Waals surface area contributed by atoms with Crippen LogP contribution in [0.25, 0.3) is 0 Å². The maximum Gasteiger partial charge on any atom is 0.421 e. The van der Waals surface area contributed by atoms with Crippen molar-refractivity contribution in [1.82, 2.24) is 14.7 Å². The van der Waals surface area contributed by atoms with Gasteiger partial charge in [0.2, 0.25) is 11.8 Å². The number of nitrogens with zero attached hydrogens (tertiary/aromatic N) is 5. The number of cyclic esters (lactones) is 1. The Labute approximate surface area is 456 Å². The number of non-ortho nitro benzene ring substituents is 1. The van der Waals surface area contributed by atoms with E-state index in [-0.39, 0.29) is 42.4 Å². The van der Waals surface area contributed by atoms with Gasteiger partial charge < -0.3 is 29.0 Å². The minimum Gasteiger partial charge on any atom is -0.508 e. The number of amides is 3. The number of nitro benzene ring substituents is 1. The number of fused-ring (bicyclic) bond motifs is 4. The van der Waals surface area contributed by atoms with Gasteiger partial charge in [0.05, 0.1) is 49.4 Å². The molecule has 11 rings (SSSR count). The number of phenolic OH excluding ortho intramolecular Hbond substituents is 1. The van der Waals surface area contributed by atoms with Crippen LogP contribution in [0.5, 0.6) is 17.2 Å². The van der Waals surface area contributed by atoms with E-state index in [1.54, 1.807) is 42.3 Å². The summed E-state index contributed by atoms with van der Waals surface area (Å²) in [6.45, 7) is 0.893. The molecule has 7 aromatic carbocycles. The summed E-state index contributed by atoms with van der Waals surface area (Å²) in [7, 11) is 5.05. The second-order valence-corrected chi connectivity index (χ2v) is 20.2. The number of imide groups is 1. The van der Waals surface area contributed by atoms with Crippen molar-refractivity contribution in [3.05, 3.63) is 230 Å². The second kappa shape index (κ2) is 21.6. The van der Waals surface area contributed by atoms with Crippen molar-refractivity contribution < 1.29 is 48.2 Å². The molecule has 4 heterocycles. The second-order valence-electron chi connectivity index (χ2n) is 20.2. The Morgan fingerprint density at radius 3 is 2.08 bits per heavy atom. The van der Waals surface area contributed by atoms with Crippen LogP contribution in [0.2, 0.25) is 0 Å². The first-order valence-electron chi connectivity index (χ1n) is 25.9. The number of benzene rings is 7. The van der Waals surface area contributed by atoms with Crippen molar-refractivity contribution in [3.8, 4) is 29.1 Å². The molecule has 16 nitrogen and oxygen atoms in total. The normalized spacial score (nSPS) is 21.1. The van der Waals surface area contributed by atoms with Gasteiger partial charge in [-0.3, -0.25) is 34.3 Å². The first-order chi connectivity index (χ1) is 38.4. The molecule has 4 aliphatic heterocycles. The topological polar surface area (TPSA) is 182 Å². The highest BCUT2D eigenvalue weighted by molar-refractivity contribution is 6.23. The molecule has 79 heavy (non-hydrogen) atoms. The third-order valence-corrected chi connectivity index (χ3v) is 15.5. The number of carbonyl (C=O) groups excluding carboxylic acids is 4. The number of hydrogen-bond acceptors (Lipinski definition) is 13. The molecule has 0 aromatic heterocycles. The number of esters is 1. The molecule has 398 valence electrons. The predicted molar refractivity (Wildman–Crippen MR) is 292 cm³/mol. The first-order valence-corrected chi connectivity index (χ1v) is 25.9. The van der Waals surface area contributed by atoms with E-state index in [1.165, 1.54) is 43.5 Å². The van der Waals surface area contributed by atoms with Crippen molar-refractivity contribution in [3.63, 3.8) is 0 Å². The van der Waals surface area contributed by atoms with Crippen LogP contribution in [0.15, 0.2) is 170 Å². The van der Waals surface area contributed by atoms with Gasteiger partial charge in [0.1, 0.15) is 29.9 Å². The fourth-order valence-corrected chi connectivity index (χ4v) is 12.0. The summed E-state index contributed by atoms with van der Waals surface area (Å²) in [5.41, 5.74) is 3.62. The maximum atomic E-state index is 16.9. The molecular formula is C63H55N5O11. The molecule has 0 aliphatic carbocycles. The smallest absolute Gasteiger partial charge is 0.421 e. The zero-order valence-corrected chi connectivity index (χ0v) is 43.6. The lowest BCUT2D eigenvalue weighted by molar-refractivity contribution is -0.384. The molecule has 1 spiro atoms. The molecule has 2 fully saturated rings. The highest BCUT2D eigenvalue weighted by Crippen LogP contribution is 2.66. The number of carbonyl (C=O) groups is 4. The summed E-state index contributed by atoms with van der Waals surface area (Å²) in [5, 5.41) is 22.4. The van der Waals surface area contributed by atoms with Gasteiger partial charge in [-0.05, 0) is 113 Å². The summed E-state index contributed by atoms with van der Waals surface area (Å²) in [6, 6.07) is 45.9. The van der Waals surface area contributed by atoms with E-state index in [9.17, 15) is 15.2 Å². The van der Waals surface area contributed by atoms with Gasteiger partial charge >= 0.3 is 12.1 Å². The van der Waals surface area contributed by atoms with Gasteiger partial charge in [0.25, 0.3) is 5.69 Å². The Hall–Kier alpha value is -9.30. The number of hydrogen-bond donors (Lipinski definition) is 1. The quantitative estimate of drug-likeness (QED) is 0.0530. The van der Waals surface area contributed by atoms with Crippen molar-refractivity contribution in [2.75, 3.05) is 39.3 Å². The summed E-state index contributed by atoms with van der Waals surface area (Å²) in [4.78, 5) is 81.9. The molecule has 16 heteroatoms. The summed E-state index contributed by atoms with van der Waals surface area (Å²) in [5.74, 6) is 3.81. The number of anilines is 1. The highest BCUT2D eigenvalue weighted by atomic mass is 16.6.